The number of aliphatic carboxylic acids is 1. The first-order valence-electron chi connectivity index (χ1n) is 8.60. The molecular formula is C18H25N3O5. The lowest BCUT2D eigenvalue weighted by Crippen LogP contribution is -2.51. The summed E-state index contributed by atoms with van der Waals surface area (Å²) in [5, 5.41) is 8.74. The van der Waals surface area contributed by atoms with E-state index in [-0.39, 0.29) is 31.3 Å². The lowest BCUT2D eigenvalue weighted by molar-refractivity contribution is -0.141. The molecule has 1 aromatic carbocycles. The molecule has 1 aliphatic heterocycles. The van der Waals surface area contributed by atoms with Crippen LogP contribution in [-0.2, 0) is 14.4 Å². The van der Waals surface area contributed by atoms with Gasteiger partial charge in [0, 0.05) is 32.6 Å². The standard InChI is InChI=1S/C18H25N3O5/c1-13-3-2-4-14(11-13)26-12-17(23)21-9-7-20(8-10-21)16(22)6-5-15(19)18(24)25/h2-4,11,15H,5-10,12,19H2,1H3,(H,24,25)/t15-/m0/s1. The van der Waals surface area contributed by atoms with Crippen LogP contribution in [0.5, 0.6) is 5.75 Å². The third-order valence-corrected chi connectivity index (χ3v) is 4.32. The molecule has 2 rings (SSSR count). The number of hydrogen-bond donors (Lipinski definition) is 2. The minimum atomic E-state index is -1.11. The van der Waals surface area contributed by atoms with E-state index < -0.39 is 12.0 Å². The van der Waals surface area contributed by atoms with Crippen LogP contribution in [0.3, 0.4) is 0 Å². The van der Waals surface area contributed by atoms with Crippen molar-refractivity contribution in [3.8, 4) is 5.75 Å². The number of nitrogens with zero attached hydrogens (tertiary/aromatic N) is 2. The molecule has 0 bridgehead atoms. The van der Waals surface area contributed by atoms with Crippen LogP contribution in [-0.4, -0.2) is 71.5 Å². The summed E-state index contributed by atoms with van der Waals surface area (Å²) in [4.78, 5) is 38.3. The summed E-state index contributed by atoms with van der Waals surface area (Å²) in [6.45, 7) is 3.65. The zero-order valence-corrected chi connectivity index (χ0v) is 14.9. The number of carboxylic acid groups (broad SMARTS) is 1. The number of piperazine rings is 1. The summed E-state index contributed by atoms with van der Waals surface area (Å²) in [6, 6.07) is 6.47. The van der Waals surface area contributed by atoms with Gasteiger partial charge in [0.2, 0.25) is 5.91 Å². The van der Waals surface area contributed by atoms with Crippen molar-refractivity contribution in [3.05, 3.63) is 29.8 Å². The number of rotatable bonds is 7. The summed E-state index contributed by atoms with van der Waals surface area (Å²) in [5.74, 6) is -0.708. The van der Waals surface area contributed by atoms with Crippen LogP contribution < -0.4 is 10.5 Å². The average Bonchev–Trinajstić information content (AvgIpc) is 2.64. The summed E-state index contributed by atoms with van der Waals surface area (Å²) >= 11 is 0. The van der Waals surface area contributed by atoms with E-state index in [2.05, 4.69) is 0 Å². The van der Waals surface area contributed by atoms with Gasteiger partial charge in [-0.1, -0.05) is 12.1 Å². The Bertz CT molecular complexity index is 656. The maximum absolute atomic E-state index is 12.2. The van der Waals surface area contributed by atoms with E-state index in [9.17, 15) is 14.4 Å². The van der Waals surface area contributed by atoms with Crippen molar-refractivity contribution in [3.63, 3.8) is 0 Å². The van der Waals surface area contributed by atoms with Gasteiger partial charge in [-0.15, -0.1) is 0 Å². The Morgan fingerprint density at radius 3 is 2.35 bits per heavy atom. The molecule has 0 radical (unpaired) electrons. The fourth-order valence-corrected chi connectivity index (χ4v) is 2.71. The molecule has 8 heteroatoms. The first kappa shape index (κ1) is 19.7. The van der Waals surface area contributed by atoms with Gasteiger partial charge in [-0.3, -0.25) is 14.4 Å². The molecule has 0 saturated carbocycles. The van der Waals surface area contributed by atoms with Crippen molar-refractivity contribution in [2.45, 2.75) is 25.8 Å². The first-order valence-corrected chi connectivity index (χ1v) is 8.60. The largest absolute Gasteiger partial charge is 0.484 e. The number of carbonyl (C=O) groups is 3. The normalized spacial score (nSPS) is 15.5. The number of hydrogen-bond acceptors (Lipinski definition) is 5. The van der Waals surface area contributed by atoms with E-state index in [1.54, 1.807) is 15.9 Å². The van der Waals surface area contributed by atoms with Crippen LogP contribution in [0.4, 0.5) is 0 Å². The van der Waals surface area contributed by atoms with Gasteiger partial charge >= 0.3 is 5.97 Å². The second-order valence-electron chi connectivity index (χ2n) is 6.35. The minimum absolute atomic E-state index is 0.0368. The Hall–Kier alpha value is -2.61. The Kier molecular flexibility index (Phi) is 6.97. The van der Waals surface area contributed by atoms with Crippen molar-refractivity contribution in [1.82, 2.24) is 9.80 Å². The quantitative estimate of drug-likeness (QED) is 0.717. The molecule has 1 aliphatic rings. The predicted octanol–water partition coefficient (Wildman–Crippen LogP) is 0.237. The third kappa shape index (κ3) is 5.73. The van der Waals surface area contributed by atoms with Gasteiger partial charge in [-0.05, 0) is 31.0 Å². The van der Waals surface area contributed by atoms with Crippen LogP contribution in [0.1, 0.15) is 18.4 Å². The molecule has 0 unspecified atom stereocenters. The van der Waals surface area contributed by atoms with Crippen LogP contribution in [0, 0.1) is 6.92 Å². The van der Waals surface area contributed by atoms with Gasteiger partial charge in [0.1, 0.15) is 11.8 Å². The molecule has 2 amide bonds. The maximum atomic E-state index is 12.2. The average molecular weight is 363 g/mol. The molecule has 26 heavy (non-hydrogen) atoms. The number of amides is 2. The number of carbonyl (C=O) groups excluding carboxylic acids is 2. The van der Waals surface area contributed by atoms with Crippen LogP contribution >= 0.6 is 0 Å². The molecular weight excluding hydrogens is 338 g/mol. The zero-order chi connectivity index (χ0) is 19.1. The molecule has 0 aromatic heterocycles. The highest BCUT2D eigenvalue weighted by atomic mass is 16.5. The van der Waals surface area contributed by atoms with Crippen LogP contribution in [0.15, 0.2) is 24.3 Å². The van der Waals surface area contributed by atoms with E-state index in [1.807, 2.05) is 25.1 Å². The van der Waals surface area contributed by atoms with Crippen molar-refractivity contribution < 1.29 is 24.2 Å². The van der Waals surface area contributed by atoms with Crippen molar-refractivity contribution in [2.75, 3.05) is 32.8 Å². The third-order valence-electron chi connectivity index (χ3n) is 4.32. The Balaban J connectivity index is 1.72. The summed E-state index contributed by atoms with van der Waals surface area (Å²) in [7, 11) is 0. The fraction of sp³-hybridized carbons (Fsp3) is 0.500. The molecule has 3 N–H and O–H groups in total. The molecule has 1 aromatic rings. The van der Waals surface area contributed by atoms with E-state index in [1.165, 1.54) is 0 Å². The molecule has 1 fully saturated rings. The Morgan fingerprint density at radius 2 is 1.77 bits per heavy atom. The van der Waals surface area contributed by atoms with E-state index in [0.717, 1.165) is 5.56 Å². The first-order chi connectivity index (χ1) is 12.4. The number of aryl methyl sites for hydroxylation is 1. The van der Waals surface area contributed by atoms with Gasteiger partial charge in [-0.2, -0.15) is 0 Å². The van der Waals surface area contributed by atoms with E-state index >= 15 is 0 Å². The summed E-state index contributed by atoms with van der Waals surface area (Å²) < 4.78 is 5.52. The molecule has 8 nitrogen and oxygen atoms in total. The van der Waals surface area contributed by atoms with E-state index in [0.29, 0.717) is 31.9 Å². The van der Waals surface area contributed by atoms with Gasteiger partial charge < -0.3 is 25.4 Å². The highest BCUT2D eigenvalue weighted by Crippen LogP contribution is 2.13. The van der Waals surface area contributed by atoms with Crippen LogP contribution in [0.25, 0.3) is 0 Å². The molecule has 1 atom stereocenters. The van der Waals surface area contributed by atoms with Gasteiger partial charge in [-0.25, -0.2) is 0 Å². The Labute approximate surface area is 152 Å². The monoisotopic (exact) mass is 363 g/mol. The minimum Gasteiger partial charge on any atom is -0.484 e. The van der Waals surface area contributed by atoms with E-state index in [4.69, 9.17) is 15.6 Å². The topological polar surface area (TPSA) is 113 Å². The molecule has 0 aliphatic carbocycles. The van der Waals surface area contributed by atoms with Gasteiger partial charge in [0.05, 0.1) is 0 Å². The number of benzene rings is 1. The SMILES string of the molecule is Cc1cccc(OCC(=O)N2CCN(C(=O)CC[C@H](N)C(=O)O)CC2)c1. The highest BCUT2D eigenvalue weighted by Gasteiger charge is 2.25. The molecule has 0 spiro atoms. The fourth-order valence-electron chi connectivity index (χ4n) is 2.71. The number of nitrogens with two attached hydrogens (primary N) is 1. The molecule has 1 heterocycles. The second kappa shape index (κ2) is 9.19. The summed E-state index contributed by atoms with van der Waals surface area (Å²) in [5.41, 5.74) is 6.47. The van der Waals surface area contributed by atoms with Crippen molar-refractivity contribution in [2.24, 2.45) is 5.73 Å². The zero-order valence-electron chi connectivity index (χ0n) is 14.9. The molecule has 142 valence electrons. The smallest absolute Gasteiger partial charge is 0.320 e. The number of carboxylic acids is 1. The summed E-state index contributed by atoms with van der Waals surface area (Å²) in [6.07, 6.45) is 0.204. The van der Waals surface area contributed by atoms with Gasteiger partial charge in [0.15, 0.2) is 6.61 Å². The highest BCUT2D eigenvalue weighted by molar-refractivity contribution is 5.80. The Morgan fingerprint density at radius 1 is 1.15 bits per heavy atom. The van der Waals surface area contributed by atoms with Crippen molar-refractivity contribution in [1.29, 1.82) is 0 Å². The molecule has 1 saturated heterocycles. The number of ether oxygens (including phenoxy) is 1. The predicted molar refractivity (Wildman–Crippen MR) is 94.7 cm³/mol. The maximum Gasteiger partial charge on any atom is 0.320 e. The van der Waals surface area contributed by atoms with Gasteiger partial charge in [0.25, 0.3) is 5.91 Å². The van der Waals surface area contributed by atoms with Crippen molar-refractivity contribution >= 4 is 17.8 Å². The lowest BCUT2D eigenvalue weighted by Gasteiger charge is -2.34. The second-order valence-corrected chi connectivity index (χ2v) is 6.35. The van der Waals surface area contributed by atoms with Crippen LogP contribution in [0.2, 0.25) is 0 Å². The lowest BCUT2D eigenvalue weighted by atomic mass is 10.1.